The normalized spacial score (nSPS) is 13.0. The first-order valence-corrected chi connectivity index (χ1v) is 10.7. The number of imide groups is 1. The van der Waals surface area contributed by atoms with E-state index >= 15 is 0 Å². The van der Waals surface area contributed by atoms with Gasteiger partial charge < -0.3 is 0 Å². The van der Waals surface area contributed by atoms with Crippen molar-refractivity contribution in [1.29, 1.82) is 0 Å². The van der Waals surface area contributed by atoms with E-state index in [1.54, 1.807) is 36.7 Å². The zero-order chi connectivity index (χ0) is 21.2. The largest absolute Gasteiger partial charge is 0.297 e. The van der Waals surface area contributed by atoms with Crippen molar-refractivity contribution in [3.05, 3.63) is 95.8 Å². The lowest BCUT2D eigenvalue weighted by Gasteiger charge is -2.14. The number of fused-ring (bicyclic) bond motifs is 1. The molecule has 31 heavy (non-hydrogen) atoms. The van der Waals surface area contributed by atoms with Crippen LogP contribution in [-0.4, -0.2) is 42.3 Å². The van der Waals surface area contributed by atoms with E-state index < -0.39 is 0 Å². The molecule has 0 saturated carbocycles. The van der Waals surface area contributed by atoms with Crippen molar-refractivity contribution in [2.45, 2.75) is 11.7 Å². The van der Waals surface area contributed by atoms with Crippen LogP contribution in [0.3, 0.4) is 0 Å². The van der Waals surface area contributed by atoms with Gasteiger partial charge in [-0.1, -0.05) is 54.2 Å². The van der Waals surface area contributed by atoms with E-state index in [4.69, 9.17) is 0 Å². The fourth-order valence-corrected chi connectivity index (χ4v) is 4.38. The van der Waals surface area contributed by atoms with Crippen LogP contribution in [0.5, 0.6) is 0 Å². The minimum Gasteiger partial charge on any atom is -0.297 e. The SMILES string of the molecule is O=C1c2ccccc2C(=O)N1CSc1nnc(-c2cccnc2)n1Cc1ccccc1. The third-order valence-corrected chi connectivity index (χ3v) is 5.97. The molecule has 1 aliphatic heterocycles. The molecule has 0 atom stereocenters. The summed E-state index contributed by atoms with van der Waals surface area (Å²) < 4.78 is 1.98. The molecule has 0 fully saturated rings. The van der Waals surface area contributed by atoms with Gasteiger partial charge in [-0.15, -0.1) is 10.2 Å². The third-order valence-electron chi connectivity index (χ3n) is 5.02. The lowest BCUT2D eigenvalue weighted by Crippen LogP contribution is -2.29. The standard InChI is InChI=1S/C23H17N5O2S/c29-21-18-10-4-5-11-19(18)22(30)28(21)15-31-23-26-25-20(17-9-6-12-24-13-17)27(23)14-16-7-2-1-3-8-16/h1-13H,14-15H2. The van der Waals surface area contributed by atoms with E-state index in [0.29, 0.717) is 28.7 Å². The maximum atomic E-state index is 12.7. The number of benzene rings is 2. The Hall–Kier alpha value is -3.78. The van der Waals surface area contributed by atoms with Gasteiger partial charge in [-0.25, -0.2) is 0 Å². The van der Waals surface area contributed by atoms with Crippen molar-refractivity contribution in [3.63, 3.8) is 0 Å². The summed E-state index contributed by atoms with van der Waals surface area (Å²) in [6.07, 6.45) is 3.45. The second-order valence-corrected chi connectivity index (χ2v) is 7.89. The number of hydrogen-bond acceptors (Lipinski definition) is 6. The molecule has 8 heteroatoms. The van der Waals surface area contributed by atoms with Crippen molar-refractivity contribution in [1.82, 2.24) is 24.6 Å². The highest BCUT2D eigenvalue weighted by Crippen LogP contribution is 2.29. The van der Waals surface area contributed by atoms with Crippen LogP contribution in [0.25, 0.3) is 11.4 Å². The Morgan fingerprint density at radius 1 is 0.806 bits per heavy atom. The molecular formula is C23H17N5O2S. The van der Waals surface area contributed by atoms with Crippen molar-refractivity contribution in [2.24, 2.45) is 0 Å². The van der Waals surface area contributed by atoms with Crippen LogP contribution in [0.15, 0.2) is 84.3 Å². The van der Waals surface area contributed by atoms with Crippen LogP contribution in [-0.2, 0) is 6.54 Å². The summed E-state index contributed by atoms with van der Waals surface area (Å²) in [6.45, 7) is 0.558. The summed E-state index contributed by atoms with van der Waals surface area (Å²) in [5.41, 5.74) is 2.82. The van der Waals surface area contributed by atoms with Gasteiger partial charge in [0.1, 0.15) is 0 Å². The molecule has 0 unspecified atom stereocenters. The fourth-order valence-electron chi connectivity index (χ4n) is 3.49. The molecular weight excluding hydrogens is 410 g/mol. The van der Waals surface area contributed by atoms with Crippen LogP contribution in [0.4, 0.5) is 0 Å². The Kier molecular flexibility index (Phi) is 5.05. The Bertz CT molecular complexity index is 1220. The lowest BCUT2D eigenvalue weighted by atomic mass is 10.1. The van der Waals surface area contributed by atoms with Crippen molar-refractivity contribution < 1.29 is 9.59 Å². The number of aromatic nitrogens is 4. The molecule has 0 spiro atoms. The monoisotopic (exact) mass is 427 g/mol. The highest BCUT2D eigenvalue weighted by atomic mass is 32.2. The van der Waals surface area contributed by atoms with Gasteiger partial charge in [0.25, 0.3) is 11.8 Å². The molecule has 1 aliphatic rings. The number of amides is 2. The summed E-state index contributed by atoms with van der Waals surface area (Å²) in [5.74, 6) is 0.276. The Labute approximate surface area is 182 Å². The summed E-state index contributed by atoms with van der Waals surface area (Å²) in [5, 5.41) is 9.34. The Morgan fingerprint density at radius 2 is 1.52 bits per heavy atom. The van der Waals surface area contributed by atoms with Gasteiger partial charge in [-0.3, -0.25) is 24.0 Å². The highest BCUT2D eigenvalue weighted by Gasteiger charge is 2.35. The molecule has 5 rings (SSSR count). The average molecular weight is 427 g/mol. The predicted molar refractivity (Wildman–Crippen MR) is 116 cm³/mol. The summed E-state index contributed by atoms with van der Waals surface area (Å²) >= 11 is 1.31. The molecule has 2 amide bonds. The Balaban J connectivity index is 1.44. The van der Waals surface area contributed by atoms with Crippen molar-refractivity contribution >= 4 is 23.6 Å². The molecule has 2 aromatic carbocycles. The lowest BCUT2D eigenvalue weighted by molar-refractivity contribution is 0.0684. The van der Waals surface area contributed by atoms with Crippen LogP contribution in [0.1, 0.15) is 26.3 Å². The molecule has 152 valence electrons. The van der Waals surface area contributed by atoms with E-state index in [1.165, 1.54) is 16.7 Å². The van der Waals surface area contributed by atoms with Gasteiger partial charge in [0, 0.05) is 18.0 Å². The van der Waals surface area contributed by atoms with Crippen LogP contribution >= 0.6 is 11.8 Å². The molecule has 3 heterocycles. The zero-order valence-corrected chi connectivity index (χ0v) is 17.2. The van der Waals surface area contributed by atoms with Crippen molar-refractivity contribution in [2.75, 3.05) is 5.88 Å². The number of carbonyl (C=O) groups is 2. The fraction of sp³-hybridized carbons (Fsp3) is 0.0870. The third kappa shape index (κ3) is 3.62. The first kappa shape index (κ1) is 19.2. The van der Waals surface area contributed by atoms with Gasteiger partial charge >= 0.3 is 0 Å². The minimum absolute atomic E-state index is 0.159. The number of carbonyl (C=O) groups excluding carboxylic acids is 2. The molecule has 0 N–H and O–H groups in total. The van der Waals surface area contributed by atoms with Crippen LogP contribution in [0.2, 0.25) is 0 Å². The van der Waals surface area contributed by atoms with Crippen molar-refractivity contribution in [3.8, 4) is 11.4 Å². The number of nitrogens with zero attached hydrogens (tertiary/aromatic N) is 5. The van der Waals surface area contributed by atoms with E-state index in [9.17, 15) is 9.59 Å². The number of thioether (sulfide) groups is 1. The predicted octanol–water partition coefficient (Wildman–Crippen LogP) is 3.73. The molecule has 0 bridgehead atoms. The maximum Gasteiger partial charge on any atom is 0.262 e. The molecule has 0 saturated heterocycles. The molecule has 7 nitrogen and oxygen atoms in total. The van der Waals surface area contributed by atoms with Crippen LogP contribution < -0.4 is 0 Å². The van der Waals surface area contributed by atoms with Gasteiger partial charge in [0.2, 0.25) is 0 Å². The highest BCUT2D eigenvalue weighted by molar-refractivity contribution is 7.99. The van der Waals surface area contributed by atoms with E-state index in [1.807, 2.05) is 47.0 Å². The van der Waals surface area contributed by atoms with E-state index in [-0.39, 0.29) is 17.7 Å². The molecule has 4 aromatic rings. The van der Waals surface area contributed by atoms with Gasteiger partial charge in [0.15, 0.2) is 11.0 Å². The number of pyridine rings is 1. The Morgan fingerprint density at radius 3 is 2.19 bits per heavy atom. The van der Waals surface area contributed by atoms with Gasteiger partial charge in [-0.2, -0.15) is 0 Å². The van der Waals surface area contributed by atoms with Crippen LogP contribution in [0, 0.1) is 0 Å². The maximum absolute atomic E-state index is 12.7. The minimum atomic E-state index is -0.283. The molecule has 0 radical (unpaired) electrons. The van der Waals surface area contributed by atoms with E-state index in [0.717, 1.165) is 11.1 Å². The molecule has 0 aliphatic carbocycles. The van der Waals surface area contributed by atoms with Gasteiger partial charge in [0.05, 0.1) is 23.5 Å². The first-order chi connectivity index (χ1) is 15.2. The van der Waals surface area contributed by atoms with Gasteiger partial charge in [-0.05, 0) is 29.8 Å². The number of hydrogen-bond donors (Lipinski definition) is 0. The summed E-state index contributed by atoms with van der Waals surface area (Å²) in [4.78, 5) is 30.8. The summed E-state index contributed by atoms with van der Waals surface area (Å²) in [7, 11) is 0. The second kappa shape index (κ2) is 8.16. The quantitative estimate of drug-likeness (QED) is 0.345. The first-order valence-electron chi connectivity index (χ1n) is 9.68. The smallest absolute Gasteiger partial charge is 0.262 e. The average Bonchev–Trinajstić information content (AvgIpc) is 3.32. The second-order valence-electron chi connectivity index (χ2n) is 6.98. The summed E-state index contributed by atoms with van der Waals surface area (Å²) in [6, 6.07) is 20.7. The zero-order valence-electron chi connectivity index (χ0n) is 16.4. The van der Waals surface area contributed by atoms with E-state index in [2.05, 4.69) is 15.2 Å². The topological polar surface area (TPSA) is 81.0 Å². The molecule has 2 aromatic heterocycles. The number of rotatable bonds is 6.